The number of aliphatic hydroxyl groups excluding tert-OH is 1. The van der Waals surface area contributed by atoms with E-state index in [2.05, 4.69) is 141 Å². The number of nitrogens with one attached hydrogen (secondary N) is 1. The van der Waals surface area contributed by atoms with E-state index >= 15 is 0 Å². The van der Waals surface area contributed by atoms with Crippen molar-refractivity contribution in [3.63, 3.8) is 0 Å². The normalized spacial score (nSPS) is 14.5. The van der Waals surface area contributed by atoms with Gasteiger partial charge in [-0.1, -0.05) is 327 Å². The van der Waals surface area contributed by atoms with Crippen molar-refractivity contribution in [2.75, 3.05) is 40.9 Å². The molecule has 0 spiro atoms. The number of hydrogen-bond acceptors (Lipinski definition) is 6. The Morgan fingerprint density at radius 1 is 0.419 bits per heavy atom. The fourth-order valence-electron chi connectivity index (χ4n) is 9.89. The number of carbonyl (C=O) groups excluding carboxylic acids is 1. The number of rotatable bonds is 64. The van der Waals surface area contributed by atoms with E-state index in [1.165, 1.54) is 173 Å². The topological polar surface area (TPSA) is 108 Å². The van der Waals surface area contributed by atoms with Crippen molar-refractivity contribution in [3.8, 4) is 0 Å². The molecule has 0 aromatic heterocycles. The number of unbranched alkanes of at least 4 members (excludes halogenated alkanes) is 31. The number of amides is 1. The van der Waals surface area contributed by atoms with Gasteiger partial charge in [-0.2, -0.15) is 0 Å². The van der Waals surface area contributed by atoms with Crippen molar-refractivity contribution < 1.29 is 32.9 Å². The molecule has 8 nitrogen and oxygen atoms in total. The Labute approximate surface area is 532 Å². The first kappa shape index (κ1) is 82.6. The van der Waals surface area contributed by atoms with Gasteiger partial charge >= 0.3 is 0 Å². The number of likely N-dealkylation sites (N-methyl/N-ethyl adjacent to an activating group) is 1. The molecule has 0 aromatic rings. The maximum atomic E-state index is 13.0. The Bertz CT molecular complexity index is 1870. The number of nitrogens with zero attached hydrogens (tertiary/aromatic N) is 1. The highest BCUT2D eigenvalue weighted by atomic mass is 31.2. The maximum Gasteiger partial charge on any atom is 0.268 e. The minimum absolute atomic E-state index is 0.0166. The van der Waals surface area contributed by atoms with Gasteiger partial charge in [0, 0.05) is 6.42 Å². The van der Waals surface area contributed by atoms with Crippen LogP contribution in [0.5, 0.6) is 0 Å². The molecule has 0 bridgehead atoms. The summed E-state index contributed by atoms with van der Waals surface area (Å²) in [6, 6.07) is -0.923. The van der Waals surface area contributed by atoms with Crippen LogP contribution in [0.2, 0.25) is 0 Å². The van der Waals surface area contributed by atoms with Gasteiger partial charge in [-0.3, -0.25) is 9.36 Å². The van der Waals surface area contributed by atoms with Crippen LogP contribution in [-0.4, -0.2) is 68.5 Å². The molecule has 0 rings (SSSR count). The van der Waals surface area contributed by atoms with Crippen LogP contribution in [0.1, 0.15) is 296 Å². The number of phosphoric ester groups is 1. The predicted molar refractivity (Wildman–Crippen MR) is 375 cm³/mol. The van der Waals surface area contributed by atoms with E-state index in [0.717, 1.165) is 96.3 Å². The molecule has 2 N–H and O–H groups in total. The number of aliphatic hydroxyl groups is 1. The van der Waals surface area contributed by atoms with Crippen molar-refractivity contribution >= 4 is 13.7 Å². The Morgan fingerprint density at radius 3 is 1.03 bits per heavy atom. The third kappa shape index (κ3) is 68.1. The SMILES string of the molecule is CC/C=C\C/C=C\C/C=C\C/C=C\C/C=C\C/C=C\C/C=C\C/C=C\C/C=C\C/C=C\CCCCC(=O)NC(COP(=O)([O-])OCC[N+](C)(C)C)C(O)/C=C/CCCCCCCCCCCCCCCCCCCCCCCCCCCCCCC. The zero-order valence-corrected chi connectivity index (χ0v) is 57.4. The molecule has 0 saturated heterocycles. The Morgan fingerprint density at radius 2 is 0.709 bits per heavy atom. The number of quaternary nitrogens is 1. The van der Waals surface area contributed by atoms with Gasteiger partial charge in [0.15, 0.2) is 0 Å². The quantitative estimate of drug-likeness (QED) is 0.0272. The molecule has 3 atom stereocenters. The predicted octanol–water partition coefficient (Wildman–Crippen LogP) is 22.4. The van der Waals surface area contributed by atoms with E-state index in [1.54, 1.807) is 6.08 Å². The van der Waals surface area contributed by atoms with E-state index in [9.17, 15) is 19.4 Å². The van der Waals surface area contributed by atoms with Crippen LogP contribution in [0.25, 0.3) is 0 Å². The molecule has 86 heavy (non-hydrogen) atoms. The average molecular weight is 1220 g/mol. The van der Waals surface area contributed by atoms with Gasteiger partial charge in [0.1, 0.15) is 13.2 Å². The summed E-state index contributed by atoms with van der Waals surface area (Å²) >= 11 is 0. The second-order valence-electron chi connectivity index (χ2n) is 24.9. The Kier molecular flexibility index (Phi) is 63.5. The summed E-state index contributed by atoms with van der Waals surface area (Å²) in [6.07, 6.45) is 100. The lowest BCUT2D eigenvalue weighted by atomic mass is 10.0. The first-order valence-electron chi connectivity index (χ1n) is 35.5. The summed E-state index contributed by atoms with van der Waals surface area (Å²) < 4.78 is 23.4. The molecular formula is C77H135N2O6P. The molecule has 0 aliphatic heterocycles. The first-order chi connectivity index (χ1) is 42.0. The van der Waals surface area contributed by atoms with Crippen LogP contribution in [0.4, 0.5) is 0 Å². The maximum absolute atomic E-state index is 13.0. The second-order valence-corrected chi connectivity index (χ2v) is 26.3. The lowest BCUT2D eigenvalue weighted by Gasteiger charge is -2.29. The Hall–Kier alpha value is -3.36. The van der Waals surface area contributed by atoms with Gasteiger partial charge in [-0.05, 0) is 96.3 Å². The van der Waals surface area contributed by atoms with Gasteiger partial charge in [-0.15, -0.1) is 0 Å². The first-order valence-corrected chi connectivity index (χ1v) is 37.0. The van der Waals surface area contributed by atoms with Crippen LogP contribution in [-0.2, 0) is 18.4 Å². The van der Waals surface area contributed by atoms with E-state index in [-0.39, 0.29) is 18.9 Å². The van der Waals surface area contributed by atoms with Crippen LogP contribution in [0.15, 0.2) is 134 Å². The van der Waals surface area contributed by atoms with Crippen molar-refractivity contribution in [3.05, 3.63) is 134 Å². The highest BCUT2D eigenvalue weighted by molar-refractivity contribution is 7.45. The number of carbonyl (C=O) groups is 1. The summed E-state index contributed by atoms with van der Waals surface area (Å²) in [5, 5.41) is 13.9. The fraction of sp³-hybridized carbons (Fsp3) is 0.701. The van der Waals surface area contributed by atoms with Crippen molar-refractivity contribution in [2.24, 2.45) is 0 Å². The van der Waals surface area contributed by atoms with Crippen LogP contribution >= 0.6 is 7.82 Å². The largest absolute Gasteiger partial charge is 0.756 e. The molecule has 494 valence electrons. The summed E-state index contributed by atoms with van der Waals surface area (Å²) in [6.45, 7) is 4.52. The zero-order valence-electron chi connectivity index (χ0n) is 56.5. The molecule has 1 amide bonds. The number of hydrogen-bond donors (Lipinski definition) is 2. The lowest BCUT2D eigenvalue weighted by molar-refractivity contribution is -0.870. The molecule has 0 fully saturated rings. The van der Waals surface area contributed by atoms with Crippen molar-refractivity contribution in [1.29, 1.82) is 0 Å². The summed E-state index contributed by atoms with van der Waals surface area (Å²) in [5.41, 5.74) is 0. The van der Waals surface area contributed by atoms with Gasteiger partial charge in [0.25, 0.3) is 7.82 Å². The smallest absolute Gasteiger partial charge is 0.268 e. The third-order valence-electron chi connectivity index (χ3n) is 15.4. The molecule has 9 heteroatoms. The van der Waals surface area contributed by atoms with Crippen LogP contribution in [0.3, 0.4) is 0 Å². The highest BCUT2D eigenvalue weighted by Crippen LogP contribution is 2.38. The summed E-state index contributed by atoms with van der Waals surface area (Å²) in [4.78, 5) is 25.6. The standard InChI is InChI=1S/C77H135N2O6P/c1-6-8-10-12-14-16-18-20-22-24-26-28-30-32-34-36-38-39-41-43-45-47-49-51-53-55-57-59-61-63-65-67-69-71-77(81)78-75(74-85-86(82,83)84-73-72-79(3,4)5)76(80)70-68-66-64-62-60-58-56-54-52-50-48-46-44-42-40-37-35-33-31-29-27-25-23-21-19-17-15-13-11-9-7-2/h8,10,14,16,20,22,26,28,32,34,38-39,43,45,49,51,55,57,61,63,68,70,75-76,80H,6-7,9,11-13,15,17-19,21,23-25,27,29-31,33,35-37,40-42,44,46-48,50,52-54,56,58-60,62,64-67,69,71-74H2,1-5H3,(H-,78,81,82,83)/b10-8-,16-14-,22-20-,28-26-,34-32-,39-38-,45-43-,51-49-,57-55-,63-61-,70-68+. The minimum Gasteiger partial charge on any atom is -0.756 e. The van der Waals surface area contributed by atoms with Gasteiger partial charge in [-0.25, -0.2) is 0 Å². The molecule has 3 unspecified atom stereocenters. The molecule has 0 aliphatic rings. The third-order valence-corrected chi connectivity index (χ3v) is 16.3. The van der Waals surface area contributed by atoms with Crippen molar-refractivity contribution in [2.45, 2.75) is 309 Å². The summed E-state index contributed by atoms with van der Waals surface area (Å²) in [5.74, 6) is -0.242. The van der Waals surface area contributed by atoms with E-state index in [4.69, 9.17) is 9.05 Å². The highest BCUT2D eigenvalue weighted by Gasteiger charge is 2.23. The Balaban J connectivity index is 4.21. The van der Waals surface area contributed by atoms with Gasteiger partial charge in [0.2, 0.25) is 5.91 Å². The van der Waals surface area contributed by atoms with E-state index in [0.29, 0.717) is 17.4 Å². The number of allylic oxidation sites excluding steroid dienone is 21. The summed E-state index contributed by atoms with van der Waals surface area (Å²) in [7, 11) is 1.22. The molecular weight excluding hydrogens is 1080 g/mol. The zero-order chi connectivity index (χ0) is 62.6. The molecule has 0 aromatic carbocycles. The van der Waals surface area contributed by atoms with Crippen LogP contribution < -0.4 is 10.2 Å². The monoisotopic (exact) mass is 1220 g/mol. The van der Waals surface area contributed by atoms with E-state index < -0.39 is 26.6 Å². The minimum atomic E-state index is -4.63. The van der Waals surface area contributed by atoms with E-state index in [1.807, 2.05) is 27.2 Å². The second kappa shape index (κ2) is 66.1. The fourth-order valence-corrected chi connectivity index (χ4v) is 10.6. The van der Waals surface area contributed by atoms with Gasteiger partial charge < -0.3 is 28.8 Å². The molecule has 0 radical (unpaired) electrons. The molecule has 0 heterocycles. The van der Waals surface area contributed by atoms with Gasteiger partial charge in [0.05, 0.1) is 39.9 Å². The van der Waals surface area contributed by atoms with Crippen LogP contribution in [0, 0.1) is 0 Å². The average Bonchev–Trinajstić information content (AvgIpc) is 3.70. The molecule has 0 aliphatic carbocycles. The molecule has 0 saturated carbocycles. The van der Waals surface area contributed by atoms with Crippen molar-refractivity contribution in [1.82, 2.24) is 5.32 Å². The number of phosphoric acid groups is 1. The lowest BCUT2D eigenvalue weighted by Crippen LogP contribution is -2.45.